The van der Waals surface area contributed by atoms with E-state index in [4.69, 9.17) is 0 Å². The SMILES string of the molecule is C=C1Cc2ccccc2C1=Cc1sc2ccccc2c1C. The zero-order chi connectivity index (χ0) is 14.4. The van der Waals surface area contributed by atoms with Gasteiger partial charge in [-0.1, -0.05) is 49.0 Å². The topological polar surface area (TPSA) is 0 Å². The van der Waals surface area contributed by atoms with Crippen LogP contribution in [0.4, 0.5) is 0 Å². The summed E-state index contributed by atoms with van der Waals surface area (Å²) >= 11 is 1.87. The van der Waals surface area contributed by atoms with Crippen LogP contribution in [0.5, 0.6) is 0 Å². The third-order valence-electron chi connectivity index (χ3n) is 4.25. The van der Waals surface area contributed by atoms with E-state index < -0.39 is 0 Å². The van der Waals surface area contributed by atoms with Crippen LogP contribution in [0.2, 0.25) is 0 Å². The smallest absolute Gasteiger partial charge is 0.0351 e. The van der Waals surface area contributed by atoms with Gasteiger partial charge in [0.1, 0.15) is 0 Å². The highest BCUT2D eigenvalue weighted by Gasteiger charge is 2.19. The summed E-state index contributed by atoms with van der Waals surface area (Å²) in [6.45, 7) is 6.48. The highest BCUT2D eigenvalue weighted by molar-refractivity contribution is 7.20. The molecule has 0 aliphatic heterocycles. The molecule has 4 rings (SSSR count). The number of fused-ring (bicyclic) bond motifs is 2. The fourth-order valence-corrected chi connectivity index (χ4v) is 4.25. The van der Waals surface area contributed by atoms with E-state index in [0.29, 0.717) is 0 Å². The molecule has 0 amide bonds. The summed E-state index contributed by atoms with van der Waals surface area (Å²) in [5.41, 5.74) is 6.65. The van der Waals surface area contributed by atoms with E-state index in [9.17, 15) is 0 Å². The predicted molar refractivity (Wildman–Crippen MR) is 93.7 cm³/mol. The highest BCUT2D eigenvalue weighted by atomic mass is 32.1. The molecule has 3 aromatic rings. The molecule has 0 fully saturated rings. The lowest BCUT2D eigenvalue weighted by Gasteiger charge is -2.01. The molecule has 0 spiro atoms. The van der Waals surface area contributed by atoms with Crippen LogP contribution in [-0.4, -0.2) is 0 Å². The van der Waals surface area contributed by atoms with Crippen molar-refractivity contribution in [2.24, 2.45) is 0 Å². The van der Waals surface area contributed by atoms with Gasteiger partial charge in [0.25, 0.3) is 0 Å². The van der Waals surface area contributed by atoms with Crippen LogP contribution < -0.4 is 0 Å². The molecule has 1 heterocycles. The average Bonchev–Trinajstić information content (AvgIpc) is 2.99. The van der Waals surface area contributed by atoms with Crippen molar-refractivity contribution in [2.45, 2.75) is 13.3 Å². The van der Waals surface area contributed by atoms with Crippen LogP contribution in [-0.2, 0) is 6.42 Å². The lowest BCUT2D eigenvalue weighted by atomic mass is 10.0. The van der Waals surface area contributed by atoms with Crippen LogP contribution in [0.15, 0.2) is 60.7 Å². The molecule has 0 radical (unpaired) electrons. The van der Waals surface area contributed by atoms with Gasteiger partial charge in [-0.05, 0) is 58.7 Å². The van der Waals surface area contributed by atoms with Gasteiger partial charge < -0.3 is 0 Å². The number of hydrogen-bond acceptors (Lipinski definition) is 1. The largest absolute Gasteiger partial charge is 0.136 e. The van der Waals surface area contributed by atoms with E-state index in [0.717, 1.165) is 6.42 Å². The summed E-state index contributed by atoms with van der Waals surface area (Å²) in [5, 5.41) is 1.37. The van der Waals surface area contributed by atoms with Crippen molar-refractivity contribution in [1.29, 1.82) is 0 Å². The van der Waals surface area contributed by atoms with E-state index in [1.807, 2.05) is 11.3 Å². The van der Waals surface area contributed by atoms with E-state index in [1.54, 1.807) is 0 Å². The van der Waals surface area contributed by atoms with E-state index in [2.05, 4.69) is 68.1 Å². The summed E-state index contributed by atoms with van der Waals surface area (Å²) in [5.74, 6) is 0. The molecule has 1 aliphatic carbocycles. The van der Waals surface area contributed by atoms with Gasteiger partial charge in [-0.2, -0.15) is 0 Å². The van der Waals surface area contributed by atoms with Gasteiger partial charge in [-0.15, -0.1) is 11.3 Å². The number of hydrogen-bond donors (Lipinski definition) is 0. The van der Waals surface area contributed by atoms with Crippen molar-refractivity contribution in [3.8, 4) is 0 Å². The van der Waals surface area contributed by atoms with Crippen molar-refractivity contribution < 1.29 is 0 Å². The Kier molecular flexibility index (Phi) is 2.83. The fourth-order valence-electron chi connectivity index (χ4n) is 3.09. The first kappa shape index (κ1) is 12.6. The molecular formula is C20H16S. The van der Waals surface area contributed by atoms with Gasteiger partial charge in [0.15, 0.2) is 0 Å². The maximum absolute atomic E-state index is 4.27. The second-order valence-corrected chi connectivity index (χ2v) is 6.67. The Balaban J connectivity index is 1.91. The second kappa shape index (κ2) is 4.71. The van der Waals surface area contributed by atoms with Gasteiger partial charge in [0.2, 0.25) is 0 Å². The first-order valence-corrected chi connectivity index (χ1v) is 8.02. The lowest BCUT2D eigenvalue weighted by molar-refractivity contribution is 1.28. The van der Waals surface area contributed by atoms with Gasteiger partial charge in [-0.25, -0.2) is 0 Å². The molecule has 21 heavy (non-hydrogen) atoms. The predicted octanol–water partition coefficient (Wildman–Crippen LogP) is 5.86. The van der Waals surface area contributed by atoms with Crippen molar-refractivity contribution in [3.63, 3.8) is 0 Å². The molecule has 1 aromatic heterocycles. The Labute approximate surface area is 129 Å². The monoisotopic (exact) mass is 288 g/mol. The van der Waals surface area contributed by atoms with Gasteiger partial charge in [0, 0.05) is 9.58 Å². The molecule has 0 saturated carbocycles. The zero-order valence-corrected chi connectivity index (χ0v) is 12.8. The minimum absolute atomic E-state index is 0.978. The zero-order valence-electron chi connectivity index (χ0n) is 12.0. The molecule has 0 bridgehead atoms. The van der Waals surface area contributed by atoms with Crippen LogP contribution in [0.1, 0.15) is 21.6 Å². The summed E-state index contributed by atoms with van der Waals surface area (Å²) in [4.78, 5) is 1.35. The Morgan fingerprint density at radius 1 is 1.05 bits per heavy atom. The highest BCUT2D eigenvalue weighted by Crippen LogP contribution is 2.40. The van der Waals surface area contributed by atoms with E-state index >= 15 is 0 Å². The quantitative estimate of drug-likeness (QED) is 0.526. The maximum atomic E-state index is 4.27. The van der Waals surface area contributed by atoms with Gasteiger partial charge in [0.05, 0.1) is 0 Å². The van der Waals surface area contributed by atoms with Crippen molar-refractivity contribution >= 4 is 33.1 Å². The summed E-state index contributed by atoms with van der Waals surface area (Å²) in [7, 11) is 0. The Hall–Kier alpha value is -2.12. The first-order valence-electron chi connectivity index (χ1n) is 7.20. The van der Waals surface area contributed by atoms with Crippen LogP contribution in [0, 0.1) is 6.92 Å². The second-order valence-electron chi connectivity index (χ2n) is 5.58. The van der Waals surface area contributed by atoms with Crippen molar-refractivity contribution in [3.05, 3.63) is 82.3 Å². The third-order valence-corrected chi connectivity index (χ3v) is 5.47. The fraction of sp³-hybridized carbons (Fsp3) is 0.100. The molecule has 2 aromatic carbocycles. The molecule has 102 valence electrons. The lowest BCUT2D eigenvalue weighted by Crippen LogP contribution is -1.80. The Morgan fingerprint density at radius 3 is 2.67 bits per heavy atom. The summed E-state index contributed by atoms with van der Waals surface area (Å²) in [6.07, 6.45) is 3.31. The number of thiophene rings is 1. The molecule has 1 heteroatoms. The molecule has 0 atom stereocenters. The van der Waals surface area contributed by atoms with Crippen LogP contribution >= 0.6 is 11.3 Å². The third kappa shape index (κ3) is 1.97. The van der Waals surface area contributed by atoms with Gasteiger partial charge >= 0.3 is 0 Å². The molecule has 1 aliphatic rings. The first-order chi connectivity index (χ1) is 10.2. The van der Waals surface area contributed by atoms with Crippen LogP contribution in [0.25, 0.3) is 21.7 Å². The van der Waals surface area contributed by atoms with Crippen molar-refractivity contribution in [2.75, 3.05) is 0 Å². The molecule has 0 saturated heterocycles. The number of aryl methyl sites for hydroxylation is 1. The Morgan fingerprint density at radius 2 is 1.81 bits per heavy atom. The van der Waals surface area contributed by atoms with Gasteiger partial charge in [-0.3, -0.25) is 0 Å². The molecular weight excluding hydrogens is 272 g/mol. The number of allylic oxidation sites excluding steroid dienone is 2. The minimum atomic E-state index is 0.978. The number of benzene rings is 2. The molecule has 0 N–H and O–H groups in total. The average molecular weight is 288 g/mol. The molecule has 0 nitrogen and oxygen atoms in total. The van der Waals surface area contributed by atoms with Crippen molar-refractivity contribution in [1.82, 2.24) is 0 Å². The Bertz CT molecular complexity index is 893. The van der Waals surface area contributed by atoms with Crippen LogP contribution in [0.3, 0.4) is 0 Å². The summed E-state index contributed by atoms with van der Waals surface area (Å²) in [6, 6.07) is 17.3. The van der Waals surface area contributed by atoms with E-state index in [-0.39, 0.29) is 0 Å². The number of rotatable bonds is 1. The normalized spacial score (nSPS) is 15.9. The standard InChI is InChI=1S/C20H16S/c1-13-11-15-7-3-4-9-17(15)18(13)12-20-14(2)16-8-5-6-10-19(16)21-20/h3-10,12H,1,11H2,2H3. The maximum Gasteiger partial charge on any atom is 0.0351 e. The summed E-state index contributed by atoms with van der Waals surface area (Å²) < 4.78 is 1.36. The molecule has 0 unspecified atom stereocenters. The van der Waals surface area contributed by atoms with E-state index in [1.165, 1.54) is 42.8 Å². The minimum Gasteiger partial charge on any atom is -0.136 e.